The fourth-order valence-electron chi connectivity index (χ4n) is 3.84. The Morgan fingerprint density at radius 2 is 1.91 bits per heavy atom. The molecule has 4 rings (SSSR count). The van der Waals surface area contributed by atoms with Crippen LogP contribution in [0.25, 0.3) is 5.69 Å². The van der Waals surface area contributed by atoms with Crippen molar-refractivity contribution in [3.63, 3.8) is 0 Å². The third-order valence-corrected chi connectivity index (χ3v) is 5.47. The zero-order valence-corrected chi connectivity index (χ0v) is 18.0. The molecule has 0 unspecified atom stereocenters. The molecule has 33 heavy (non-hydrogen) atoms. The largest absolute Gasteiger partial charge is 0.493 e. The summed E-state index contributed by atoms with van der Waals surface area (Å²) in [5.74, 6) is -2.31. The molecule has 1 aliphatic heterocycles. The lowest BCUT2D eigenvalue weighted by atomic mass is 9.98. The van der Waals surface area contributed by atoms with Crippen molar-refractivity contribution in [3.05, 3.63) is 64.2 Å². The summed E-state index contributed by atoms with van der Waals surface area (Å²) in [6, 6.07) is 9.30. The number of benzene rings is 2. The SMILES string of the molecule is COc1cccc([C@@H]2O[C@@H](CC(=O)O)c3nnc(C(F)(F)F)n3-c3cccc(Cl)c32)c1OC. The van der Waals surface area contributed by atoms with Crippen molar-refractivity contribution < 1.29 is 37.3 Å². The summed E-state index contributed by atoms with van der Waals surface area (Å²) in [4.78, 5) is 11.6. The van der Waals surface area contributed by atoms with E-state index in [9.17, 15) is 23.1 Å². The predicted molar refractivity (Wildman–Crippen MR) is 109 cm³/mol. The molecular weight excluding hydrogens is 467 g/mol. The van der Waals surface area contributed by atoms with Crippen molar-refractivity contribution in [1.29, 1.82) is 0 Å². The molecule has 1 aromatic heterocycles. The molecule has 2 aromatic carbocycles. The lowest BCUT2D eigenvalue weighted by molar-refractivity contribution is -0.146. The Balaban J connectivity index is 2.05. The number of aromatic nitrogens is 3. The molecule has 1 aliphatic rings. The zero-order chi connectivity index (χ0) is 23.9. The molecule has 174 valence electrons. The number of fused-ring (bicyclic) bond motifs is 3. The Labute approximate surface area is 190 Å². The maximum absolute atomic E-state index is 13.8. The van der Waals surface area contributed by atoms with E-state index in [4.69, 9.17) is 25.8 Å². The second kappa shape index (κ2) is 8.56. The molecular formula is C21H17ClF3N3O5. The molecule has 2 heterocycles. The average molecular weight is 484 g/mol. The number of ether oxygens (including phenoxy) is 3. The summed E-state index contributed by atoms with van der Waals surface area (Å²) in [5.41, 5.74) is 0.566. The summed E-state index contributed by atoms with van der Waals surface area (Å²) in [5, 5.41) is 16.5. The maximum atomic E-state index is 13.8. The third-order valence-electron chi connectivity index (χ3n) is 5.14. The highest BCUT2D eigenvalue weighted by Gasteiger charge is 2.44. The minimum atomic E-state index is -4.87. The van der Waals surface area contributed by atoms with Crippen LogP contribution in [-0.4, -0.2) is 40.1 Å². The van der Waals surface area contributed by atoms with Gasteiger partial charge in [-0.2, -0.15) is 13.2 Å². The first-order chi connectivity index (χ1) is 15.7. The van der Waals surface area contributed by atoms with Crippen LogP contribution in [-0.2, 0) is 15.7 Å². The fraction of sp³-hybridized carbons (Fsp3) is 0.286. The number of aliphatic carboxylic acids is 1. The molecule has 0 aliphatic carbocycles. The van der Waals surface area contributed by atoms with Crippen LogP contribution in [0.1, 0.15) is 41.4 Å². The fourth-order valence-corrected chi connectivity index (χ4v) is 4.11. The lowest BCUT2D eigenvalue weighted by Crippen LogP contribution is -2.17. The van der Waals surface area contributed by atoms with E-state index >= 15 is 0 Å². The second-order valence-corrected chi connectivity index (χ2v) is 7.48. The van der Waals surface area contributed by atoms with Gasteiger partial charge in [0.05, 0.1) is 26.3 Å². The first-order valence-corrected chi connectivity index (χ1v) is 9.94. The number of methoxy groups -OCH3 is 2. The van der Waals surface area contributed by atoms with Crippen molar-refractivity contribution >= 4 is 17.6 Å². The molecule has 8 nitrogen and oxygen atoms in total. The summed E-state index contributed by atoms with van der Waals surface area (Å²) in [7, 11) is 2.83. The maximum Gasteiger partial charge on any atom is 0.452 e. The van der Waals surface area contributed by atoms with E-state index < -0.39 is 36.6 Å². The van der Waals surface area contributed by atoms with E-state index in [-0.39, 0.29) is 27.8 Å². The van der Waals surface area contributed by atoms with Crippen molar-refractivity contribution in [2.45, 2.75) is 24.8 Å². The Bertz CT molecular complexity index is 1210. The van der Waals surface area contributed by atoms with Crippen molar-refractivity contribution in [1.82, 2.24) is 14.8 Å². The van der Waals surface area contributed by atoms with E-state index in [0.29, 0.717) is 11.3 Å². The summed E-state index contributed by atoms with van der Waals surface area (Å²) in [6.45, 7) is 0. The van der Waals surface area contributed by atoms with Gasteiger partial charge in [0.2, 0.25) is 5.82 Å². The van der Waals surface area contributed by atoms with Crippen LogP contribution in [0.5, 0.6) is 11.5 Å². The number of carbonyl (C=O) groups is 1. The number of hydrogen-bond donors (Lipinski definition) is 1. The van der Waals surface area contributed by atoms with Crippen LogP contribution in [0, 0.1) is 0 Å². The van der Waals surface area contributed by atoms with Crippen molar-refractivity contribution in [3.8, 4) is 17.2 Å². The van der Waals surface area contributed by atoms with E-state index in [0.717, 1.165) is 4.57 Å². The third kappa shape index (κ3) is 3.98. The van der Waals surface area contributed by atoms with Gasteiger partial charge in [-0.25, -0.2) is 0 Å². The number of rotatable bonds is 5. The Kier molecular flexibility index (Phi) is 5.93. The normalized spacial score (nSPS) is 17.6. The highest BCUT2D eigenvalue weighted by molar-refractivity contribution is 6.31. The van der Waals surface area contributed by atoms with Gasteiger partial charge in [0.1, 0.15) is 12.2 Å². The number of alkyl halides is 3. The topological polar surface area (TPSA) is 95.7 Å². The molecule has 3 aromatic rings. The molecule has 2 atom stereocenters. The van der Waals surface area contributed by atoms with Gasteiger partial charge in [-0.15, -0.1) is 10.2 Å². The smallest absolute Gasteiger partial charge is 0.452 e. The van der Waals surface area contributed by atoms with Gasteiger partial charge in [-0.1, -0.05) is 29.8 Å². The second-order valence-electron chi connectivity index (χ2n) is 7.07. The number of nitrogens with zero attached hydrogens (tertiary/aromatic N) is 3. The highest BCUT2D eigenvalue weighted by atomic mass is 35.5. The van der Waals surface area contributed by atoms with Crippen molar-refractivity contribution in [2.24, 2.45) is 0 Å². The molecule has 0 amide bonds. The van der Waals surface area contributed by atoms with Crippen LogP contribution >= 0.6 is 11.6 Å². The Hall–Kier alpha value is -3.31. The van der Waals surface area contributed by atoms with Crippen LogP contribution in [0.15, 0.2) is 36.4 Å². The van der Waals surface area contributed by atoms with Gasteiger partial charge in [0.25, 0.3) is 0 Å². The number of carboxylic acids is 1. The number of hydrogen-bond acceptors (Lipinski definition) is 6. The minimum Gasteiger partial charge on any atom is -0.493 e. The molecule has 0 spiro atoms. The summed E-state index contributed by atoms with van der Waals surface area (Å²) >= 11 is 6.48. The summed E-state index contributed by atoms with van der Waals surface area (Å²) < 4.78 is 59.1. The van der Waals surface area contributed by atoms with Crippen LogP contribution in [0.4, 0.5) is 13.2 Å². The van der Waals surface area contributed by atoms with Crippen molar-refractivity contribution in [2.75, 3.05) is 14.2 Å². The first kappa shape index (κ1) is 22.9. The highest BCUT2D eigenvalue weighted by Crippen LogP contribution is 2.48. The van der Waals surface area contributed by atoms with Gasteiger partial charge in [-0.3, -0.25) is 9.36 Å². The van der Waals surface area contributed by atoms with Gasteiger partial charge in [0.15, 0.2) is 17.3 Å². The quantitative estimate of drug-likeness (QED) is 0.567. The number of carboxylic acid groups (broad SMARTS) is 1. The number of para-hydroxylation sites is 1. The van der Waals surface area contributed by atoms with Gasteiger partial charge < -0.3 is 19.3 Å². The molecule has 1 N–H and O–H groups in total. The molecule has 0 radical (unpaired) electrons. The first-order valence-electron chi connectivity index (χ1n) is 9.56. The molecule has 12 heteroatoms. The lowest BCUT2D eigenvalue weighted by Gasteiger charge is -2.25. The Morgan fingerprint density at radius 3 is 2.55 bits per heavy atom. The molecule has 0 fully saturated rings. The molecule has 0 bridgehead atoms. The van der Waals surface area contributed by atoms with Gasteiger partial charge in [0, 0.05) is 16.1 Å². The monoisotopic (exact) mass is 483 g/mol. The van der Waals surface area contributed by atoms with Gasteiger partial charge >= 0.3 is 12.1 Å². The number of halogens is 4. The van der Waals surface area contributed by atoms with E-state index in [1.807, 2.05) is 0 Å². The van der Waals surface area contributed by atoms with Crippen LogP contribution < -0.4 is 9.47 Å². The van der Waals surface area contributed by atoms with E-state index in [2.05, 4.69) is 10.2 Å². The van der Waals surface area contributed by atoms with Crippen LogP contribution in [0.3, 0.4) is 0 Å². The molecule has 0 saturated heterocycles. The minimum absolute atomic E-state index is 0.0117. The van der Waals surface area contributed by atoms with E-state index in [1.165, 1.54) is 32.4 Å². The van der Waals surface area contributed by atoms with E-state index in [1.54, 1.807) is 18.2 Å². The summed E-state index contributed by atoms with van der Waals surface area (Å²) in [6.07, 6.45) is -8.02. The average Bonchev–Trinajstić information content (AvgIpc) is 3.16. The van der Waals surface area contributed by atoms with Gasteiger partial charge in [-0.05, 0) is 18.2 Å². The standard InChI is InChI=1S/C21H17ClF3N3O5/c1-31-13-8-3-5-10(17(13)32-2)18-16-11(22)6-4-7-12(16)28-19(14(33-18)9-15(29)30)26-27-20(28)21(23,24)25/h3-8,14,18H,9H2,1-2H3,(H,29,30)/t14-,18-/m0/s1. The predicted octanol–water partition coefficient (Wildman–Crippen LogP) is 4.59. The van der Waals surface area contributed by atoms with Crippen LogP contribution in [0.2, 0.25) is 5.02 Å². The Morgan fingerprint density at radius 1 is 1.18 bits per heavy atom. The zero-order valence-electron chi connectivity index (χ0n) is 17.3. The molecule has 0 saturated carbocycles.